The van der Waals surface area contributed by atoms with Gasteiger partial charge >= 0.3 is 12.0 Å². The van der Waals surface area contributed by atoms with Crippen LogP contribution in [0.2, 0.25) is 0 Å². The lowest BCUT2D eigenvalue weighted by Gasteiger charge is -2.08. The third-order valence-corrected chi connectivity index (χ3v) is 2.59. The molecule has 0 fully saturated rings. The number of carbonyl (C=O) groups is 2. The van der Waals surface area contributed by atoms with E-state index in [2.05, 4.69) is 15.6 Å². The first kappa shape index (κ1) is 14.4. The Labute approximate surface area is 119 Å². The summed E-state index contributed by atoms with van der Waals surface area (Å²) in [6, 6.07) is 4.44. The molecule has 0 aliphatic rings. The van der Waals surface area contributed by atoms with E-state index in [1.54, 1.807) is 12.3 Å². The highest BCUT2D eigenvalue weighted by molar-refractivity contribution is 6.00. The van der Waals surface area contributed by atoms with Gasteiger partial charge in [0.25, 0.3) is 0 Å². The number of nitrogens with zero attached hydrogens (tertiary/aromatic N) is 1. The van der Waals surface area contributed by atoms with Gasteiger partial charge in [-0.15, -0.1) is 0 Å². The number of aromatic carboxylic acids is 1. The predicted molar refractivity (Wildman–Crippen MR) is 75.0 cm³/mol. The van der Waals surface area contributed by atoms with E-state index in [9.17, 15) is 14.0 Å². The van der Waals surface area contributed by atoms with Gasteiger partial charge in [-0.1, -0.05) is 0 Å². The number of halogens is 1. The lowest BCUT2D eigenvalue weighted by atomic mass is 10.2. The third-order valence-electron chi connectivity index (χ3n) is 2.59. The van der Waals surface area contributed by atoms with Crippen molar-refractivity contribution in [1.82, 2.24) is 4.98 Å². The van der Waals surface area contributed by atoms with Gasteiger partial charge in [0.05, 0.1) is 17.4 Å². The van der Waals surface area contributed by atoms with Crippen molar-refractivity contribution in [3.8, 4) is 0 Å². The first-order valence-electron chi connectivity index (χ1n) is 5.98. The van der Waals surface area contributed by atoms with E-state index in [0.29, 0.717) is 5.69 Å². The van der Waals surface area contributed by atoms with Gasteiger partial charge in [-0.2, -0.15) is 0 Å². The smallest absolute Gasteiger partial charge is 0.338 e. The van der Waals surface area contributed by atoms with Crippen molar-refractivity contribution in [2.24, 2.45) is 0 Å². The van der Waals surface area contributed by atoms with Gasteiger partial charge in [0, 0.05) is 11.9 Å². The van der Waals surface area contributed by atoms with Crippen molar-refractivity contribution < 1.29 is 19.1 Å². The topological polar surface area (TPSA) is 91.3 Å². The van der Waals surface area contributed by atoms with Crippen LogP contribution in [0, 0.1) is 12.7 Å². The molecule has 0 saturated carbocycles. The number of rotatable bonds is 3. The maximum atomic E-state index is 13.2. The van der Waals surface area contributed by atoms with E-state index < -0.39 is 23.4 Å². The Hall–Kier alpha value is -2.96. The monoisotopic (exact) mass is 289 g/mol. The molecule has 0 unspecified atom stereocenters. The van der Waals surface area contributed by atoms with Crippen molar-refractivity contribution >= 4 is 23.4 Å². The lowest BCUT2D eigenvalue weighted by molar-refractivity contribution is 0.0692. The molecule has 21 heavy (non-hydrogen) atoms. The second-order valence-electron chi connectivity index (χ2n) is 4.33. The number of aryl methyl sites for hydroxylation is 1. The molecule has 0 spiro atoms. The van der Waals surface area contributed by atoms with Crippen molar-refractivity contribution in [2.75, 3.05) is 10.6 Å². The van der Waals surface area contributed by atoms with Crippen LogP contribution in [0.1, 0.15) is 15.9 Å². The molecule has 2 rings (SSSR count). The largest absolute Gasteiger partial charge is 0.478 e. The first-order valence-corrected chi connectivity index (χ1v) is 5.98. The number of aromatic nitrogens is 1. The summed E-state index contributed by atoms with van der Waals surface area (Å²) < 4.78 is 13.2. The van der Waals surface area contributed by atoms with E-state index in [1.807, 2.05) is 6.92 Å². The minimum absolute atomic E-state index is 0.173. The fourth-order valence-electron chi connectivity index (χ4n) is 1.68. The van der Waals surface area contributed by atoms with E-state index in [1.165, 1.54) is 12.3 Å². The molecule has 7 heteroatoms. The number of benzene rings is 1. The van der Waals surface area contributed by atoms with Gasteiger partial charge in [-0.05, 0) is 36.8 Å². The fourth-order valence-corrected chi connectivity index (χ4v) is 1.68. The standard InChI is InChI=1S/C14H12FN3O3/c1-8-4-10(7-16-6-8)18-14(21)17-9-2-3-12(15)11(5-9)13(19)20/h2-7H,1H3,(H,19,20)(H2,17,18,21). The highest BCUT2D eigenvalue weighted by Crippen LogP contribution is 2.15. The molecule has 1 heterocycles. The minimum atomic E-state index is -1.40. The summed E-state index contributed by atoms with van der Waals surface area (Å²) in [5, 5.41) is 13.8. The van der Waals surface area contributed by atoms with Crippen LogP contribution >= 0.6 is 0 Å². The Morgan fingerprint density at radius 2 is 1.86 bits per heavy atom. The number of amides is 2. The summed E-state index contributed by atoms with van der Waals surface area (Å²) in [4.78, 5) is 26.5. The van der Waals surface area contributed by atoms with Crippen LogP contribution in [0.25, 0.3) is 0 Å². The number of anilines is 2. The Morgan fingerprint density at radius 3 is 2.52 bits per heavy atom. The van der Waals surface area contributed by atoms with Gasteiger partial charge in [0.1, 0.15) is 5.82 Å². The molecule has 2 aromatic rings. The van der Waals surface area contributed by atoms with Gasteiger partial charge in [-0.3, -0.25) is 4.98 Å². The summed E-state index contributed by atoms with van der Waals surface area (Å²) >= 11 is 0. The highest BCUT2D eigenvalue weighted by atomic mass is 19.1. The number of hydrogen-bond donors (Lipinski definition) is 3. The number of nitrogens with one attached hydrogen (secondary N) is 2. The quantitative estimate of drug-likeness (QED) is 0.810. The van der Waals surface area contributed by atoms with E-state index >= 15 is 0 Å². The minimum Gasteiger partial charge on any atom is -0.478 e. The molecule has 3 N–H and O–H groups in total. The van der Waals surface area contributed by atoms with Crippen molar-refractivity contribution in [3.05, 3.63) is 53.6 Å². The molecular weight excluding hydrogens is 277 g/mol. The van der Waals surface area contributed by atoms with Crippen LogP contribution in [0.5, 0.6) is 0 Å². The van der Waals surface area contributed by atoms with E-state index in [-0.39, 0.29) is 5.69 Å². The van der Waals surface area contributed by atoms with Crippen LogP contribution in [-0.2, 0) is 0 Å². The molecule has 0 atom stereocenters. The Kier molecular flexibility index (Phi) is 4.13. The Balaban J connectivity index is 2.09. The molecule has 1 aromatic heterocycles. The number of carbonyl (C=O) groups excluding carboxylic acids is 1. The Bertz CT molecular complexity index is 704. The van der Waals surface area contributed by atoms with Crippen molar-refractivity contribution in [2.45, 2.75) is 6.92 Å². The van der Waals surface area contributed by atoms with Crippen LogP contribution in [0.15, 0.2) is 36.7 Å². The first-order chi connectivity index (χ1) is 9.95. The third kappa shape index (κ3) is 3.75. The molecule has 0 aliphatic heterocycles. The fraction of sp³-hybridized carbons (Fsp3) is 0.0714. The second-order valence-corrected chi connectivity index (χ2v) is 4.33. The lowest BCUT2D eigenvalue weighted by Crippen LogP contribution is -2.20. The number of hydrogen-bond acceptors (Lipinski definition) is 3. The predicted octanol–water partition coefficient (Wildman–Crippen LogP) is 2.87. The van der Waals surface area contributed by atoms with Crippen LogP contribution in [0.3, 0.4) is 0 Å². The maximum Gasteiger partial charge on any atom is 0.338 e. The SMILES string of the molecule is Cc1cncc(NC(=O)Nc2ccc(F)c(C(=O)O)c2)c1. The molecule has 108 valence electrons. The van der Waals surface area contributed by atoms with Gasteiger partial charge in [-0.25, -0.2) is 14.0 Å². The summed E-state index contributed by atoms with van der Waals surface area (Å²) in [6.45, 7) is 1.83. The van der Waals surface area contributed by atoms with Crippen molar-refractivity contribution in [1.29, 1.82) is 0 Å². The van der Waals surface area contributed by atoms with Gasteiger partial charge < -0.3 is 15.7 Å². The highest BCUT2D eigenvalue weighted by Gasteiger charge is 2.12. The summed E-state index contributed by atoms with van der Waals surface area (Å²) in [5.74, 6) is -2.27. The maximum absolute atomic E-state index is 13.2. The molecule has 6 nitrogen and oxygen atoms in total. The van der Waals surface area contributed by atoms with Gasteiger partial charge in [0.2, 0.25) is 0 Å². The van der Waals surface area contributed by atoms with Crippen LogP contribution in [-0.4, -0.2) is 22.1 Å². The molecular formula is C14H12FN3O3. The number of urea groups is 1. The summed E-state index contributed by atoms with van der Waals surface area (Å²) in [7, 11) is 0. The Morgan fingerprint density at radius 1 is 1.14 bits per heavy atom. The zero-order valence-electron chi connectivity index (χ0n) is 11.1. The zero-order valence-corrected chi connectivity index (χ0v) is 11.1. The van der Waals surface area contributed by atoms with Gasteiger partial charge in [0.15, 0.2) is 0 Å². The molecule has 0 aliphatic carbocycles. The molecule has 2 amide bonds. The second kappa shape index (κ2) is 6.00. The average molecular weight is 289 g/mol. The number of carboxylic acid groups (broad SMARTS) is 1. The molecule has 0 bridgehead atoms. The zero-order chi connectivity index (χ0) is 15.4. The van der Waals surface area contributed by atoms with Crippen LogP contribution in [0.4, 0.5) is 20.6 Å². The average Bonchev–Trinajstić information content (AvgIpc) is 2.40. The van der Waals surface area contributed by atoms with Crippen molar-refractivity contribution in [3.63, 3.8) is 0 Å². The number of carboxylic acids is 1. The van der Waals surface area contributed by atoms with E-state index in [0.717, 1.165) is 17.7 Å². The molecule has 0 radical (unpaired) electrons. The number of pyridine rings is 1. The summed E-state index contributed by atoms with van der Waals surface area (Å²) in [5.41, 5.74) is 1.03. The normalized spacial score (nSPS) is 10.0. The van der Waals surface area contributed by atoms with Crippen LogP contribution < -0.4 is 10.6 Å². The molecule has 1 aromatic carbocycles. The molecule has 0 saturated heterocycles. The summed E-state index contributed by atoms with van der Waals surface area (Å²) in [6.07, 6.45) is 3.11. The van der Waals surface area contributed by atoms with E-state index in [4.69, 9.17) is 5.11 Å².